The molecule has 0 unspecified atom stereocenters. The predicted molar refractivity (Wildman–Crippen MR) is 58.7 cm³/mol. The molecular weight excluding hydrogens is 204 g/mol. The maximum absolute atomic E-state index is 11.4. The summed E-state index contributed by atoms with van der Waals surface area (Å²) in [6.45, 7) is 1.91. The third kappa shape index (κ3) is 1.64. The van der Waals surface area contributed by atoms with E-state index in [-0.39, 0.29) is 5.69 Å². The summed E-state index contributed by atoms with van der Waals surface area (Å²) in [6, 6.07) is 3.80. The minimum Gasteiger partial charge on any atom is -0.309 e. The summed E-state index contributed by atoms with van der Waals surface area (Å²) in [6.07, 6.45) is 4.11. The fraction of sp³-hybridized carbons (Fsp3) is 0.364. The highest BCUT2D eigenvalue weighted by molar-refractivity contribution is 5.26. The highest BCUT2D eigenvalue weighted by Crippen LogP contribution is 2.38. The van der Waals surface area contributed by atoms with Crippen molar-refractivity contribution in [1.82, 2.24) is 19.7 Å². The molecule has 0 saturated heterocycles. The Kier molecular flexibility index (Phi) is 1.92. The van der Waals surface area contributed by atoms with E-state index in [1.807, 2.05) is 25.3 Å². The van der Waals surface area contributed by atoms with Gasteiger partial charge in [0.25, 0.3) is 0 Å². The van der Waals surface area contributed by atoms with Crippen molar-refractivity contribution in [2.75, 3.05) is 0 Å². The molecule has 16 heavy (non-hydrogen) atoms. The number of aromatic nitrogens is 4. The van der Waals surface area contributed by atoms with Crippen LogP contribution >= 0.6 is 0 Å². The molecule has 0 spiro atoms. The number of aryl methyl sites for hydroxylation is 1. The first kappa shape index (κ1) is 9.33. The molecule has 1 N–H and O–H groups in total. The second-order valence-electron chi connectivity index (χ2n) is 4.18. The molecule has 0 amide bonds. The second kappa shape index (κ2) is 3.30. The van der Waals surface area contributed by atoms with Crippen LogP contribution in [0.1, 0.15) is 30.1 Å². The van der Waals surface area contributed by atoms with Crippen LogP contribution in [0.3, 0.4) is 0 Å². The van der Waals surface area contributed by atoms with Crippen molar-refractivity contribution in [2.45, 2.75) is 25.7 Å². The zero-order chi connectivity index (χ0) is 11.1. The molecule has 0 radical (unpaired) electrons. The Morgan fingerprint density at radius 1 is 1.50 bits per heavy atom. The van der Waals surface area contributed by atoms with Gasteiger partial charge in [0, 0.05) is 18.0 Å². The van der Waals surface area contributed by atoms with Crippen molar-refractivity contribution in [3.05, 3.63) is 40.2 Å². The first-order valence-electron chi connectivity index (χ1n) is 5.36. The van der Waals surface area contributed by atoms with Gasteiger partial charge in [-0.05, 0) is 31.7 Å². The Morgan fingerprint density at radius 2 is 2.31 bits per heavy atom. The molecule has 0 aliphatic heterocycles. The molecular formula is C11H12N4O. The highest BCUT2D eigenvalue weighted by Gasteiger charge is 2.25. The molecule has 2 aromatic rings. The lowest BCUT2D eigenvalue weighted by molar-refractivity contribution is 0.803. The lowest BCUT2D eigenvalue weighted by atomic mass is 10.3. The summed E-state index contributed by atoms with van der Waals surface area (Å²) in [7, 11) is 0. The monoisotopic (exact) mass is 216 g/mol. The van der Waals surface area contributed by atoms with Gasteiger partial charge in [-0.3, -0.25) is 0 Å². The van der Waals surface area contributed by atoms with E-state index >= 15 is 0 Å². The average Bonchev–Trinajstić information content (AvgIpc) is 3.01. The van der Waals surface area contributed by atoms with Crippen molar-refractivity contribution in [2.24, 2.45) is 0 Å². The standard InChI is InChI=1S/C11H12N4O/c1-7-4-5-15(14-7)10-6-9(8-2-3-8)12-11(16)13-10/h4-6,8H,2-3H2,1H3,(H,12,13,16). The van der Waals surface area contributed by atoms with E-state index in [1.54, 1.807) is 4.68 Å². The first-order valence-corrected chi connectivity index (χ1v) is 5.36. The zero-order valence-electron chi connectivity index (χ0n) is 8.97. The lowest BCUT2D eigenvalue weighted by Gasteiger charge is -2.02. The SMILES string of the molecule is Cc1ccn(-c2cc(C3CC3)[nH]c(=O)n2)n1. The Morgan fingerprint density at radius 3 is 2.94 bits per heavy atom. The van der Waals surface area contributed by atoms with Crippen LogP contribution in [0.4, 0.5) is 0 Å². The summed E-state index contributed by atoms with van der Waals surface area (Å²) < 4.78 is 1.64. The van der Waals surface area contributed by atoms with Gasteiger partial charge in [-0.25, -0.2) is 9.48 Å². The van der Waals surface area contributed by atoms with E-state index in [0.29, 0.717) is 11.7 Å². The van der Waals surface area contributed by atoms with Gasteiger partial charge in [-0.15, -0.1) is 0 Å². The maximum atomic E-state index is 11.4. The van der Waals surface area contributed by atoms with Crippen LogP contribution < -0.4 is 5.69 Å². The number of H-pyrrole nitrogens is 1. The molecule has 0 atom stereocenters. The van der Waals surface area contributed by atoms with E-state index in [4.69, 9.17) is 0 Å². The summed E-state index contributed by atoms with van der Waals surface area (Å²) >= 11 is 0. The molecule has 1 saturated carbocycles. The van der Waals surface area contributed by atoms with Crippen molar-refractivity contribution in [1.29, 1.82) is 0 Å². The topological polar surface area (TPSA) is 63.6 Å². The van der Waals surface area contributed by atoms with Crippen molar-refractivity contribution in [3.63, 3.8) is 0 Å². The Labute approximate surface area is 92.2 Å². The fourth-order valence-electron chi connectivity index (χ4n) is 1.74. The zero-order valence-corrected chi connectivity index (χ0v) is 8.97. The highest BCUT2D eigenvalue weighted by atomic mass is 16.1. The number of hydrogen-bond donors (Lipinski definition) is 1. The summed E-state index contributed by atoms with van der Waals surface area (Å²) in [5.41, 5.74) is 1.59. The summed E-state index contributed by atoms with van der Waals surface area (Å²) in [5, 5.41) is 4.24. The molecule has 1 aliphatic rings. The summed E-state index contributed by atoms with van der Waals surface area (Å²) in [4.78, 5) is 18.1. The van der Waals surface area contributed by atoms with Crippen LogP contribution in [0.5, 0.6) is 0 Å². The van der Waals surface area contributed by atoms with Crippen LogP contribution in [-0.2, 0) is 0 Å². The van der Waals surface area contributed by atoms with Gasteiger partial charge in [0.2, 0.25) is 0 Å². The van der Waals surface area contributed by atoms with E-state index in [9.17, 15) is 4.79 Å². The molecule has 2 heterocycles. The quantitative estimate of drug-likeness (QED) is 0.818. The molecule has 1 fully saturated rings. The number of nitrogens with zero attached hydrogens (tertiary/aromatic N) is 3. The van der Waals surface area contributed by atoms with Gasteiger partial charge in [0.1, 0.15) is 0 Å². The smallest absolute Gasteiger partial charge is 0.309 e. The Bertz CT molecular complexity index is 580. The molecule has 0 bridgehead atoms. The largest absolute Gasteiger partial charge is 0.347 e. The van der Waals surface area contributed by atoms with Crippen molar-refractivity contribution >= 4 is 0 Å². The van der Waals surface area contributed by atoms with Gasteiger partial charge in [0.15, 0.2) is 5.82 Å². The van der Waals surface area contributed by atoms with E-state index in [0.717, 1.165) is 24.2 Å². The maximum Gasteiger partial charge on any atom is 0.347 e. The number of hydrogen-bond acceptors (Lipinski definition) is 3. The molecule has 5 heteroatoms. The molecule has 0 aromatic carbocycles. The van der Waals surface area contributed by atoms with Gasteiger partial charge in [-0.2, -0.15) is 10.1 Å². The first-order chi connectivity index (χ1) is 7.72. The third-order valence-electron chi connectivity index (χ3n) is 2.73. The van der Waals surface area contributed by atoms with E-state index < -0.39 is 0 Å². The number of aromatic amines is 1. The number of nitrogens with one attached hydrogen (secondary N) is 1. The van der Waals surface area contributed by atoms with Crippen LogP contribution in [-0.4, -0.2) is 19.7 Å². The average molecular weight is 216 g/mol. The van der Waals surface area contributed by atoms with Crippen LogP contribution in [0.15, 0.2) is 23.1 Å². The normalized spacial score (nSPS) is 15.3. The lowest BCUT2D eigenvalue weighted by Crippen LogP contribution is -2.16. The van der Waals surface area contributed by atoms with E-state index in [1.165, 1.54) is 0 Å². The number of rotatable bonds is 2. The molecule has 82 valence electrons. The van der Waals surface area contributed by atoms with Crippen LogP contribution in [0.25, 0.3) is 5.82 Å². The van der Waals surface area contributed by atoms with Crippen LogP contribution in [0.2, 0.25) is 0 Å². The summed E-state index contributed by atoms with van der Waals surface area (Å²) in [5.74, 6) is 1.10. The molecule has 3 rings (SSSR count). The van der Waals surface area contributed by atoms with Crippen molar-refractivity contribution < 1.29 is 0 Å². The van der Waals surface area contributed by atoms with Gasteiger partial charge in [-0.1, -0.05) is 0 Å². The molecule has 2 aromatic heterocycles. The fourth-order valence-corrected chi connectivity index (χ4v) is 1.74. The van der Waals surface area contributed by atoms with E-state index in [2.05, 4.69) is 15.1 Å². The van der Waals surface area contributed by atoms with Gasteiger partial charge >= 0.3 is 5.69 Å². The third-order valence-corrected chi connectivity index (χ3v) is 2.73. The molecule has 5 nitrogen and oxygen atoms in total. The Balaban J connectivity index is 2.09. The van der Waals surface area contributed by atoms with Crippen molar-refractivity contribution in [3.8, 4) is 5.82 Å². The predicted octanol–water partition coefficient (Wildman–Crippen LogP) is 1.14. The molecule has 1 aliphatic carbocycles. The minimum atomic E-state index is -0.299. The van der Waals surface area contributed by atoms with Gasteiger partial charge in [0.05, 0.1) is 5.69 Å². The minimum absolute atomic E-state index is 0.299. The van der Waals surface area contributed by atoms with Gasteiger partial charge < -0.3 is 4.98 Å². The second-order valence-corrected chi connectivity index (χ2v) is 4.18. The Hall–Kier alpha value is -1.91. The van der Waals surface area contributed by atoms with Crippen LogP contribution in [0, 0.1) is 6.92 Å².